The van der Waals surface area contributed by atoms with Crippen LogP contribution in [0.15, 0.2) is 18.3 Å². The van der Waals surface area contributed by atoms with Crippen LogP contribution in [0.4, 0.5) is 13.2 Å². The molecule has 0 unspecified atom stereocenters. The van der Waals surface area contributed by atoms with Crippen LogP contribution in [0.3, 0.4) is 0 Å². The molecule has 1 saturated heterocycles. The summed E-state index contributed by atoms with van der Waals surface area (Å²) < 4.78 is 37.1. The molecule has 20 heavy (non-hydrogen) atoms. The molecule has 0 saturated carbocycles. The molecule has 1 aromatic heterocycles. The summed E-state index contributed by atoms with van der Waals surface area (Å²) >= 11 is 0. The van der Waals surface area contributed by atoms with Crippen molar-refractivity contribution in [3.05, 3.63) is 29.6 Å². The van der Waals surface area contributed by atoms with Crippen LogP contribution in [0.2, 0.25) is 0 Å². The molecular formula is C13H15F3N2O2. The molecule has 1 aliphatic heterocycles. The van der Waals surface area contributed by atoms with Crippen LogP contribution in [0.1, 0.15) is 29.9 Å². The van der Waals surface area contributed by atoms with Gasteiger partial charge in [-0.15, -0.1) is 0 Å². The Balaban J connectivity index is 2.05. The minimum atomic E-state index is -4.47. The maximum absolute atomic E-state index is 12.4. The Labute approximate surface area is 114 Å². The highest BCUT2D eigenvalue weighted by atomic mass is 19.4. The number of amides is 1. The summed E-state index contributed by atoms with van der Waals surface area (Å²) in [6.07, 6.45) is -3.83. The summed E-state index contributed by atoms with van der Waals surface area (Å²) in [5.41, 5.74) is -1.86. The molecule has 0 bridgehead atoms. The molecule has 0 atom stereocenters. The predicted molar refractivity (Wildman–Crippen MR) is 64.9 cm³/mol. The second-order valence-corrected chi connectivity index (χ2v) is 5.35. The molecule has 110 valence electrons. The summed E-state index contributed by atoms with van der Waals surface area (Å²) in [6, 6.07) is 1.88. The van der Waals surface area contributed by atoms with Crippen LogP contribution in [0.25, 0.3) is 0 Å². The Morgan fingerprint density at radius 1 is 1.40 bits per heavy atom. The van der Waals surface area contributed by atoms with Gasteiger partial charge in [-0.3, -0.25) is 9.78 Å². The van der Waals surface area contributed by atoms with Gasteiger partial charge >= 0.3 is 6.18 Å². The van der Waals surface area contributed by atoms with Crippen molar-refractivity contribution in [2.75, 3.05) is 13.1 Å². The van der Waals surface area contributed by atoms with Crippen LogP contribution >= 0.6 is 0 Å². The number of aliphatic hydroxyl groups is 1. The van der Waals surface area contributed by atoms with Gasteiger partial charge in [-0.1, -0.05) is 13.8 Å². The van der Waals surface area contributed by atoms with E-state index >= 15 is 0 Å². The van der Waals surface area contributed by atoms with E-state index in [4.69, 9.17) is 0 Å². The topological polar surface area (TPSA) is 53.4 Å². The van der Waals surface area contributed by atoms with Crippen molar-refractivity contribution < 1.29 is 23.1 Å². The highest BCUT2D eigenvalue weighted by Crippen LogP contribution is 2.31. The number of nitrogens with zero attached hydrogens (tertiary/aromatic N) is 2. The fourth-order valence-electron chi connectivity index (χ4n) is 1.97. The van der Waals surface area contributed by atoms with Gasteiger partial charge in [-0.25, -0.2) is 0 Å². The highest BCUT2D eigenvalue weighted by molar-refractivity contribution is 5.93. The highest BCUT2D eigenvalue weighted by Gasteiger charge is 2.46. The number of alkyl halides is 3. The van der Waals surface area contributed by atoms with Crippen LogP contribution in [0.5, 0.6) is 0 Å². The lowest BCUT2D eigenvalue weighted by molar-refractivity contribution is -0.137. The number of carbonyl (C=O) groups excluding carboxylic acids is 1. The second-order valence-electron chi connectivity index (χ2n) is 5.35. The number of halogens is 3. The third kappa shape index (κ3) is 2.63. The van der Waals surface area contributed by atoms with E-state index in [1.54, 1.807) is 0 Å². The molecule has 0 aliphatic carbocycles. The Bertz CT molecular complexity index is 505. The average molecular weight is 288 g/mol. The standard InChI is InChI=1S/C13H15F3N2O2/c1-8(2)12(20)6-18(7-12)11(19)10-4-3-9(5-17-10)13(14,15)16/h3-5,8,20H,6-7H2,1-2H3. The Morgan fingerprint density at radius 3 is 2.40 bits per heavy atom. The van der Waals surface area contributed by atoms with Crippen LogP contribution < -0.4 is 0 Å². The smallest absolute Gasteiger partial charge is 0.386 e. The van der Waals surface area contributed by atoms with Gasteiger partial charge in [0.05, 0.1) is 18.7 Å². The number of hydrogen-bond acceptors (Lipinski definition) is 3. The van der Waals surface area contributed by atoms with E-state index in [1.807, 2.05) is 13.8 Å². The summed E-state index contributed by atoms with van der Waals surface area (Å²) in [5.74, 6) is -0.462. The van der Waals surface area contributed by atoms with Crippen molar-refractivity contribution in [1.82, 2.24) is 9.88 Å². The monoisotopic (exact) mass is 288 g/mol. The lowest BCUT2D eigenvalue weighted by Gasteiger charge is -2.48. The quantitative estimate of drug-likeness (QED) is 0.905. The minimum absolute atomic E-state index is 0.00659. The van der Waals surface area contributed by atoms with Gasteiger partial charge < -0.3 is 10.0 Å². The van der Waals surface area contributed by atoms with Gasteiger partial charge in [0.2, 0.25) is 0 Å². The van der Waals surface area contributed by atoms with E-state index in [-0.39, 0.29) is 24.7 Å². The number of pyridine rings is 1. The first-order valence-corrected chi connectivity index (χ1v) is 6.18. The Morgan fingerprint density at radius 2 is 2.00 bits per heavy atom. The van der Waals surface area contributed by atoms with Gasteiger partial charge in [-0.05, 0) is 18.1 Å². The van der Waals surface area contributed by atoms with Gasteiger partial charge in [0.1, 0.15) is 11.3 Å². The average Bonchev–Trinajstić information content (AvgIpc) is 2.33. The zero-order valence-corrected chi connectivity index (χ0v) is 11.1. The number of β-amino-alcohol motifs (C(OH)–C–C–N with tert-alkyl or cyclic N) is 1. The minimum Gasteiger partial charge on any atom is -0.386 e. The molecule has 1 aromatic rings. The van der Waals surface area contributed by atoms with Gasteiger partial charge in [-0.2, -0.15) is 13.2 Å². The number of carbonyl (C=O) groups is 1. The largest absolute Gasteiger partial charge is 0.417 e. The summed E-state index contributed by atoms with van der Waals surface area (Å²) in [6.45, 7) is 4.04. The molecule has 1 N–H and O–H groups in total. The van der Waals surface area contributed by atoms with Crippen LogP contribution in [-0.2, 0) is 6.18 Å². The van der Waals surface area contributed by atoms with Gasteiger partial charge in [0.25, 0.3) is 5.91 Å². The number of rotatable bonds is 2. The Hall–Kier alpha value is -1.63. The zero-order chi connectivity index (χ0) is 15.1. The molecule has 1 amide bonds. The second kappa shape index (κ2) is 4.73. The summed E-state index contributed by atoms with van der Waals surface area (Å²) in [4.78, 5) is 16.9. The van der Waals surface area contributed by atoms with Gasteiger partial charge in [0.15, 0.2) is 0 Å². The van der Waals surface area contributed by atoms with E-state index in [2.05, 4.69) is 4.98 Å². The zero-order valence-electron chi connectivity index (χ0n) is 11.1. The van der Waals surface area contributed by atoms with E-state index < -0.39 is 23.2 Å². The normalized spacial score (nSPS) is 18.1. The summed E-state index contributed by atoms with van der Waals surface area (Å²) in [7, 11) is 0. The van der Waals surface area contributed by atoms with E-state index in [0.29, 0.717) is 6.20 Å². The maximum atomic E-state index is 12.4. The molecule has 0 radical (unpaired) electrons. The van der Waals surface area contributed by atoms with Crippen LogP contribution in [0, 0.1) is 5.92 Å². The van der Waals surface area contributed by atoms with Crippen molar-refractivity contribution in [3.8, 4) is 0 Å². The molecule has 2 heterocycles. The molecule has 0 spiro atoms. The third-order valence-corrected chi connectivity index (χ3v) is 3.60. The van der Waals surface area contributed by atoms with Crippen molar-refractivity contribution in [2.45, 2.75) is 25.6 Å². The summed E-state index contributed by atoms with van der Waals surface area (Å²) in [5, 5.41) is 10.0. The van der Waals surface area contributed by atoms with Crippen molar-refractivity contribution in [2.24, 2.45) is 5.92 Å². The van der Waals surface area contributed by atoms with E-state index in [1.165, 1.54) is 4.90 Å². The first kappa shape index (κ1) is 14.8. The molecule has 7 heteroatoms. The Kier molecular flexibility index (Phi) is 3.49. The molecule has 2 rings (SSSR count). The molecular weight excluding hydrogens is 273 g/mol. The number of likely N-dealkylation sites (tertiary alicyclic amines) is 1. The van der Waals surface area contributed by atoms with E-state index in [0.717, 1.165) is 12.1 Å². The molecule has 1 aliphatic rings. The third-order valence-electron chi connectivity index (χ3n) is 3.60. The van der Waals surface area contributed by atoms with E-state index in [9.17, 15) is 23.1 Å². The molecule has 4 nitrogen and oxygen atoms in total. The van der Waals surface area contributed by atoms with Gasteiger partial charge in [0, 0.05) is 6.20 Å². The lowest BCUT2D eigenvalue weighted by Crippen LogP contribution is -2.66. The number of aromatic nitrogens is 1. The fourth-order valence-corrected chi connectivity index (χ4v) is 1.97. The first-order chi connectivity index (χ1) is 9.13. The predicted octanol–water partition coefficient (Wildman–Crippen LogP) is 1.94. The number of hydrogen-bond donors (Lipinski definition) is 1. The van der Waals surface area contributed by atoms with Crippen molar-refractivity contribution >= 4 is 5.91 Å². The first-order valence-electron chi connectivity index (χ1n) is 6.18. The van der Waals surface area contributed by atoms with Crippen LogP contribution in [-0.4, -0.2) is 39.6 Å². The fraction of sp³-hybridized carbons (Fsp3) is 0.538. The lowest BCUT2D eigenvalue weighted by atomic mass is 9.83. The van der Waals surface area contributed by atoms with Crippen molar-refractivity contribution in [3.63, 3.8) is 0 Å². The SMILES string of the molecule is CC(C)C1(O)CN(C(=O)c2ccc(C(F)(F)F)cn2)C1. The molecule has 0 aromatic carbocycles. The maximum Gasteiger partial charge on any atom is 0.417 e. The molecule has 1 fully saturated rings. The van der Waals surface area contributed by atoms with Crippen molar-refractivity contribution in [1.29, 1.82) is 0 Å².